The van der Waals surface area contributed by atoms with Crippen LogP contribution in [-0.4, -0.2) is 33.8 Å². The van der Waals surface area contributed by atoms with Crippen molar-refractivity contribution in [3.63, 3.8) is 0 Å². The molecule has 20 heavy (non-hydrogen) atoms. The van der Waals surface area contributed by atoms with Crippen LogP contribution in [0.25, 0.3) is 0 Å². The first kappa shape index (κ1) is 14.7. The third-order valence-corrected chi connectivity index (χ3v) is 3.84. The SMILES string of the molecule is CCCC1CCN(C(=O)c2ccnc(Cl)c2[N+](=O)[O-])C1. The van der Waals surface area contributed by atoms with Gasteiger partial charge in [-0.05, 0) is 24.8 Å². The van der Waals surface area contributed by atoms with Gasteiger partial charge >= 0.3 is 5.69 Å². The minimum Gasteiger partial charge on any atom is -0.338 e. The van der Waals surface area contributed by atoms with E-state index in [4.69, 9.17) is 11.6 Å². The third kappa shape index (κ3) is 2.90. The standard InChI is InChI=1S/C13H16ClN3O3/c1-2-3-9-5-7-16(8-9)13(18)10-4-6-15-12(14)11(10)17(19)20/h4,6,9H,2-3,5,7-8H2,1H3. The van der Waals surface area contributed by atoms with Crippen molar-refractivity contribution >= 4 is 23.2 Å². The molecule has 0 bridgehead atoms. The van der Waals surface area contributed by atoms with Gasteiger partial charge in [-0.2, -0.15) is 0 Å². The Morgan fingerprint density at radius 2 is 2.40 bits per heavy atom. The van der Waals surface area contributed by atoms with Crippen LogP contribution in [0, 0.1) is 16.0 Å². The molecular weight excluding hydrogens is 282 g/mol. The van der Waals surface area contributed by atoms with Crippen LogP contribution in [-0.2, 0) is 0 Å². The molecule has 1 amide bonds. The number of likely N-dealkylation sites (tertiary alicyclic amines) is 1. The fourth-order valence-corrected chi connectivity index (χ4v) is 2.83. The topological polar surface area (TPSA) is 76.3 Å². The fraction of sp³-hybridized carbons (Fsp3) is 0.538. The summed E-state index contributed by atoms with van der Waals surface area (Å²) in [6, 6.07) is 1.36. The zero-order valence-corrected chi connectivity index (χ0v) is 12.0. The molecule has 0 spiro atoms. The molecule has 0 aliphatic carbocycles. The quantitative estimate of drug-likeness (QED) is 0.486. The molecule has 1 aromatic heterocycles. The number of rotatable bonds is 4. The normalized spacial score (nSPS) is 18.3. The van der Waals surface area contributed by atoms with Gasteiger partial charge in [0.25, 0.3) is 5.91 Å². The van der Waals surface area contributed by atoms with E-state index in [1.54, 1.807) is 4.90 Å². The maximum atomic E-state index is 12.4. The Balaban J connectivity index is 2.22. The lowest BCUT2D eigenvalue weighted by molar-refractivity contribution is -0.385. The van der Waals surface area contributed by atoms with E-state index in [0.29, 0.717) is 19.0 Å². The monoisotopic (exact) mass is 297 g/mol. The predicted octanol–water partition coefficient (Wildman–Crippen LogP) is 2.91. The van der Waals surface area contributed by atoms with Crippen LogP contribution in [0.5, 0.6) is 0 Å². The Labute approximate surface area is 121 Å². The van der Waals surface area contributed by atoms with Gasteiger partial charge in [0, 0.05) is 19.3 Å². The first-order chi connectivity index (χ1) is 9.54. The van der Waals surface area contributed by atoms with Gasteiger partial charge in [0.1, 0.15) is 5.56 Å². The van der Waals surface area contributed by atoms with Gasteiger partial charge < -0.3 is 4.90 Å². The average Bonchev–Trinajstić information content (AvgIpc) is 2.86. The lowest BCUT2D eigenvalue weighted by atomic mass is 10.0. The van der Waals surface area contributed by atoms with Gasteiger partial charge in [0.05, 0.1) is 4.92 Å². The van der Waals surface area contributed by atoms with Gasteiger partial charge in [-0.25, -0.2) is 4.98 Å². The summed E-state index contributed by atoms with van der Waals surface area (Å²) in [5.74, 6) is 0.153. The Bertz CT molecular complexity index is 536. The molecule has 0 radical (unpaired) electrons. The van der Waals surface area contributed by atoms with Crippen molar-refractivity contribution in [2.75, 3.05) is 13.1 Å². The van der Waals surface area contributed by atoms with E-state index in [0.717, 1.165) is 19.3 Å². The molecule has 0 N–H and O–H groups in total. The van der Waals surface area contributed by atoms with Gasteiger partial charge in [0.15, 0.2) is 0 Å². The summed E-state index contributed by atoms with van der Waals surface area (Å²) in [6.45, 7) is 3.41. The van der Waals surface area contributed by atoms with Gasteiger partial charge in [-0.1, -0.05) is 24.9 Å². The van der Waals surface area contributed by atoms with Crippen molar-refractivity contribution in [1.29, 1.82) is 0 Å². The van der Waals surface area contributed by atoms with Crippen molar-refractivity contribution in [2.45, 2.75) is 26.2 Å². The highest BCUT2D eigenvalue weighted by Crippen LogP contribution is 2.29. The molecule has 7 heteroatoms. The molecule has 2 rings (SSSR count). The van der Waals surface area contributed by atoms with Crippen LogP contribution < -0.4 is 0 Å². The predicted molar refractivity (Wildman–Crippen MR) is 74.8 cm³/mol. The maximum Gasteiger partial charge on any atom is 0.319 e. The number of nitro groups is 1. The highest BCUT2D eigenvalue weighted by atomic mass is 35.5. The maximum absolute atomic E-state index is 12.4. The Morgan fingerprint density at radius 1 is 1.65 bits per heavy atom. The van der Waals surface area contributed by atoms with E-state index in [9.17, 15) is 14.9 Å². The minimum absolute atomic E-state index is 0.0205. The fourth-order valence-electron chi connectivity index (χ4n) is 2.61. The highest BCUT2D eigenvalue weighted by molar-refractivity contribution is 6.32. The van der Waals surface area contributed by atoms with Gasteiger partial charge in [-0.15, -0.1) is 0 Å². The second-order valence-electron chi connectivity index (χ2n) is 4.95. The number of pyridine rings is 1. The van der Waals surface area contributed by atoms with Gasteiger partial charge in [-0.3, -0.25) is 14.9 Å². The summed E-state index contributed by atoms with van der Waals surface area (Å²) < 4.78 is 0. The van der Waals surface area contributed by atoms with E-state index in [1.807, 2.05) is 0 Å². The van der Waals surface area contributed by atoms with Crippen molar-refractivity contribution in [2.24, 2.45) is 5.92 Å². The summed E-state index contributed by atoms with van der Waals surface area (Å²) in [6.07, 6.45) is 4.42. The first-order valence-corrected chi connectivity index (χ1v) is 7.00. The lowest BCUT2D eigenvalue weighted by Gasteiger charge is -2.16. The molecule has 1 fully saturated rings. The van der Waals surface area contributed by atoms with Crippen molar-refractivity contribution in [1.82, 2.24) is 9.88 Å². The van der Waals surface area contributed by atoms with E-state index >= 15 is 0 Å². The Kier molecular flexibility index (Phi) is 4.54. The third-order valence-electron chi connectivity index (χ3n) is 3.56. The van der Waals surface area contributed by atoms with E-state index in [2.05, 4.69) is 11.9 Å². The van der Waals surface area contributed by atoms with E-state index in [1.165, 1.54) is 12.3 Å². The number of carbonyl (C=O) groups is 1. The molecule has 1 unspecified atom stereocenters. The van der Waals surface area contributed by atoms with Crippen LogP contribution in [0.2, 0.25) is 5.15 Å². The van der Waals surface area contributed by atoms with Gasteiger partial charge in [0.2, 0.25) is 5.15 Å². The number of carbonyl (C=O) groups excluding carboxylic acids is 1. The number of hydrogen-bond donors (Lipinski definition) is 0. The molecule has 1 aromatic rings. The smallest absolute Gasteiger partial charge is 0.319 e. The van der Waals surface area contributed by atoms with Crippen LogP contribution >= 0.6 is 11.6 Å². The molecule has 0 saturated carbocycles. The molecule has 1 atom stereocenters. The Hall–Kier alpha value is -1.69. The number of amides is 1. The van der Waals surface area contributed by atoms with Crippen molar-refractivity contribution < 1.29 is 9.72 Å². The van der Waals surface area contributed by atoms with E-state index < -0.39 is 10.6 Å². The minimum atomic E-state index is -0.651. The number of hydrogen-bond acceptors (Lipinski definition) is 4. The molecule has 0 aromatic carbocycles. The Morgan fingerprint density at radius 3 is 3.05 bits per heavy atom. The van der Waals surface area contributed by atoms with Crippen LogP contribution in [0.15, 0.2) is 12.3 Å². The molecule has 1 aliphatic heterocycles. The molecule has 108 valence electrons. The largest absolute Gasteiger partial charge is 0.338 e. The first-order valence-electron chi connectivity index (χ1n) is 6.62. The summed E-state index contributed by atoms with van der Waals surface area (Å²) in [4.78, 5) is 28.1. The molecular formula is C13H16ClN3O3. The number of nitrogens with zero attached hydrogens (tertiary/aromatic N) is 3. The highest BCUT2D eigenvalue weighted by Gasteiger charge is 2.32. The van der Waals surface area contributed by atoms with Crippen LogP contribution in [0.1, 0.15) is 36.5 Å². The lowest BCUT2D eigenvalue weighted by Crippen LogP contribution is -2.29. The molecule has 1 saturated heterocycles. The van der Waals surface area contributed by atoms with Crippen molar-refractivity contribution in [3.05, 3.63) is 33.1 Å². The number of halogens is 1. The summed E-state index contributed by atoms with van der Waals surface area (Å²) in [5, 5.41) is 10.8. The summed E-state index contributed by atoms with van der Waals surface area (Å²) in [7, 11) is 0. The summed E-state index contributed by atoms with van der Waals surface area (Å²) >= 11 is 5.73. The van der Waals surface area contributed by atoms with E-state index in [-0.39, 0.29) is 16.6 Å². The van der Waals surface area contributed by atoms with Crippen molar-refractivity contribution in [3.8, 4) is 0 Å². The number of aromatic nitrogens is 1. The summed E-state index contributed by atoms with van der Waals surface area (Å²) in [5.41, 5.74) is -0.384. The second-order valence-corrected chi connectivity index (χ2v) is 5.31. The molecule has 1 aliphatic rings. The molecule has 6 nitrogen and oxygen atoms in total. The zero-order chi connectivity index (χ0) is 14.7. The van der Waals surface area contributed by atoms with Crippen LogP contribution in [0.4, 0.5) is 5.69 Å². The molecule has 2 heterocycles. The second kappa shape index (κ2) is 6.17. The van der Waals surface area contributed by atoms with Crippen LogP contribution in [0.3, 0.4) is 0 Å². The zero-order valence-electron chi connectivity index (χ0n) is 11.2. The average molecular weight is 298 g/mol.